The quantitative estimate of drug-likeness (QED) is 0.268. The second kappa shape index (κ2) is 12.3. The van der Waals surface area contributed by atoms with Crippen molar-refractivity contribution in [3.8, 4) is 0 Å². The van der Waals surface area contributed by atoms with Crippen LogP contribution >= 0.6 is 0 Å². The van der Waals surface area contributed by atoms with E-state index in [2.05, 4.69) is 31.7 Å². The fourth-order valence-electron chi connectivity index (χ4n) is 3.53. The number of rotatable bonds is 11. The van der Waals surface area contributed by atoms with Crippen LogP contribution in [0.3, 0.4) is 0 Å². The monoisotopic (exact) mass is 516 g/mol. The van der Waals surface area contributed by atoms with Crippen LogP contribution in [0.4, 0.5) is 11.4 Å². The lowest BCUT2D eigenvalue weighted by Gasteiger charge is -2.07. The van der Waals surface area contributed by atoms with Crippen molar-refractivity contribution in [3.63, 3.8) is 0 Å². The van der Waals surface area contributed by atoms with Crippen LogP contribution < -0.4 is 21.5 Å². The van der Waals surface area contributed by atoms with E-state index >= 15 is 0 Å². The molecule has 0 heterocycles. The van der Waals surface area contributed by atoms with Crippen molar-refractivity contribution in [2.45, 2.75) is 52.4 Å². The van der Waals surface area contributed by atoms with E-state index in [4.69, 9.17) is 0 Å². The number of hydrogen-bond donors (Lipinski definition) is 4. The van der Waals surface area contributed by atoms with Crippen molar-refractivity contribution in [2.24, 2.45) is 22.0 Å². The van der Waals surface area contributed by atoms with E-state index in [1.165, 1.54) is 0 Å². The van der Waals surface area contributed by atoms with Gasteiger partial charge in [0.1, 0.15) is 0 Å². The van der Waals surface area contributed by atoms with Crippen LogP contribution in [0.2, 0.25) is 0 Å². The number of benzene rings is 2. The molecule has 4 amide bonds. The Morgan fingerprint density at radius 2 is 0.974 bits per heavy atom. The first kappa shape index (κ1) is 26.7. The van der Waals surface area contributed by atoms with E-state index in [9.17, 15) is 19.2 Å². The Morgan fingerprint density at radius 1 is 0.632 bits per heavy atom. The van der Waals surface area contributed by atoms with Crippen LogP contribution in [0.1, 0.15) is 63.5 Å². The molecule has 0 aliphatic heterocycles. The van der Waals surface area contributed by atoms with Gasteiger partial charge in [0.15, 0.2) is 0 Å². The molecule has 198 valence electrons. The summed E-state index contributed by atoms with van der Waals surface area (Å²) < 4.78 is 0. The summed E-state index contributed by atoms with van der Waals surface area (Å²) in [5.74, 6) is -0.420. The molecule has 2 aromatic carbocycles. The Morgan fingerprint density at radius 3 is 1.29 bits per heavy atom. The first-order valence-corrected chi connectivity index (χ1v) is 12.8. The maximum atomic E-state index is 12.1. The number of hydrazone groups is 2. The SMILES string of the molecule is C/C(=N\NC(=O)CCC(=O)N/N=C(\C)c1ccc(NC(=O)C2CC2)cc1)c1ccc(NC(=O)C2CC2)cc1. The summed E-state index contributed by atoms with van der Waals surface area (Å²) in [6.45, 7) is 3.52. The summed E-state index contributed by atoms with van der Waals surface area (Å²) in [5.41, 5.74) is 9.17. The van der Waals surface area contributed by atoms with Crippen molar-refractivity contribution < 1.29 is 19.2 Å². The van der Waals surface area contributed by atoms with E-state index < -0.39 is 11.8 Å². The number of hydrogen-bond acceptors (Lipinski definition) is 6. The highest BCUT2D eigenvalue weighted by Gasteiger charge is 2.30. The van der Waals surface area contributed by atoms with Crippen molar-refractivity contribution >= 4 is 46.4 Å². The van der Waals surface area contributed by atoms with Crippen LogP contribution in [0.15, 0.2) is 58.7 Å². The number of amides is 4. The van der Waals surface area contributed by atoms with Crippen molar-refractivity contribution in [1.82, 2.24) is 10.9 Å². The van der Waals surface area contributed by atoms with Gasteiger partial charge in [-0.25, -0.2) is 10.9 Å². The minimum atomic E-state index is -0.391. The first-order chi connectivity index (χ1) is 18.3. The normalized spacial score (nSPS) is 15.4. The summed E-state index contributed by atoms with van der Waals surface area (Å²) in [7, 11) is 0. The zero-order valence-corrected chi connectivity index (χ0v) is 21.5. The zero-order chi connectivity index (χ0) is 27.1. The Bertz CT molecular complexity index is 1160. The van der Waals surface area contributed by atoms with Crippen LogP contribution in [0, 0.1) is 11.8 Å². The molecular weight excluding hydrogens is 484 g/mol. The van der Waals surface area contributed by atoms with Gasteiger partial charge in [-0.3, -0.25) is 19.2 Å². The fraction of sp³-hybridized carbons (Fsp3) is 0.357. The lowest BCUT2D eigenvalue weighted by atomic mass is 10.1. The molecule has 0 saturated heterocycles. The summed E-state index contributed by atoms with van der Waals surface area (Å²) in [5, 5.41) is 14.0. The van der Waals surface area contributed by atoms with Crippen molar-refractivity contribution in [1.29, 1.82) is 0 Å². The summed E-state index contributed by atoms with van der Waals surface area (Å²) in [6.07, 6.45) is 3.70. The van der Waals surface area contributed by atoms with Crippen LogP contribution in [-0.4, -0.2) is 35.1 Å². The Hall–Kier alpha value is -4.34. The van der Waals surface area contributed by atoms with Crippen molar-refractivity contribution in [3.05, 3.63) is 59.7 Å². The molecule has 38 heavy (non-hydrogen) atoms. The molecule has 0 atom stereocenters. The number of carbonyl (C=O) groups is 4. The number of anilines is 2. The molecule has 0 radical (unpaired) electrons. The van der Waals surface area contributed by atoms with E-state index in [0.717, 1.165) is 48.2 Å². The van der Waals surface area contributed by atoms with Gasteiger partial charge in [-0.15, -0.1) is 0 Å². The molecule has 10 nitrogen and oxygen atoms in total. The van der Waals surface area contributed by atoms with Gasteiger partial charge >= 0.3 is 0 Å². The third-order valence-corrected chi connectivity index (χ3v) is 6.31. The van der Waals surface area contributed by atoms with Crippen LogP contribution in [0.5, 0.6) is 0 Å². The first-order valence-electron chi connectivity index (χ1n) is 12.8. The lowest BCUT2D eigenvalue weighted by Crippen LogP contribution is -2.24. The Labute approximate surface area is 221 Å². The Kier molecular flexibility index (Phi) is 8.62. The number of nitrogens with zero attached hydrogens (tertiary/aromatic N) is 2. The van der Waals surface area contributed by atoms with E-state index in [1.807, 2.05) is 24.3 Å². The molecule has 0 aromatic heterocycles. The van der Waals surface area contributed by atoms with Gasteiger partial charge in [0.2, 0.25) is 23.6 Å². The van der Waals surface area contributed by atoms with Gasteiger partial charge in [-0.1, -0.05) is 24.3 Å². The molecule has 4 N–H and O–H groups in total. The second-order valence-electron chi connectivity index (χ2n) is 9.65. The average molecular weight is 517 g/mol. The van der Waals surface area contributed by atoms with Gasteiger partial charge in [-0.2, -0.15) is 10.2 Å². The smallest absolute Gasteiger partial charge is 0.240 e. The van der Waals surface area contributed by atoms with Gasteiger partial charge in [-0.05, 0) is 74.9 Å². The standard InChI is InChI=1S/C28H32N6O4/c1-17(19-7-11-23(12-8-19)29-27(37)21-3-4-21)31-33-25(35)15-16-26(36)34-32-18(2)20-9-13-24(14-10-20)30-28(38)22-5-6-22/h7-14,21-22H,3-6,15-16H2,1-2H3,(H,29,37)(H,30,38)(H,33,35)(H,34,36)/b31-17+,32-18+. The van der Waals surface area contributed by atoms with Gasteiger partial charge in [0, 0.05) is 36.1 Å². The minimum Gasteiger partial charge on any atom is -0.326 e. The molecule has 2 fully saturated rings. The molecule has 4 rings (SSSR count). The van der Waals surface area contributed by atoms with E-state index in [-0.39, 0.29) is 36.5 Å². The maximum Gasteiger partial charge on any atom is 0.240 e. The van der Waals surface area contributed by atoms with E-state index in [1.54, 1.807) is 38.1 Å². The molecule has 2 aromatic rings. The summed E-state index contributed by atoms with van der Waals surface area (Å²) in [4.78, 5) is 48.0. The number of carbonyl (C=O) groups excluding carboxylic acids is 4. The van der Waals surface area contributed by atoms with Crippen LogP contribution in [-0.2, 0) is 19.2 Å². The number of nitrogens with one attached hydrogen (secondary N) is 4. The van der Waals surface area contributed by atoms with Crippen LogP contribution in [0.25, 0.3) is 0 Å². The predicted octanol–water partition coefficient (Wildman–Crippen LogP) is 3.54. The fourth-order valence-corrected chi connectivity index (χ4v) is 3.53. The van der Waals surface area contributed by atoms with E-state index in [0.29, 0.717) is 11.4 Å². The second-order valence-corrected chi connectivity index (χ2v) is 9.65. The third-order valence-electron chi connectivity index (χ3n) is 6.31. The largest absolute Gasteiger partial charge is 0.326 e. The predicted molar refractivity (Wildman–Crippen MR) is 146 cm³/mol. The highest BCUT2D eigenvalue weighted by atomic mass is 16.2. The molecular formula is C28H32N6O4. The average Bonchev–Trinajstić information content (AvgIpc) is 3.83. The summed E-state index contributed by atoms with van der Waals surface area (Å²) in [6, 6.07) is 14.5. The topological polar surface area (TPSA) is 141 Å². The molecule has 2 saturated carbocycles. The summed E-state index contributed by atoms with van der Waals surface area (Å²) >= 11 is 0. The molecule has 10 heteroatoms. The highest BCUT2D eigenvalue weighted by molar-refractivity contribution is 6.01. The maximum absolute atomic E-state index is 12.1. The molecule has 0 spiro atoms. The molecule has 2 aliphatic carbocycles. The zero-order valence-electron chi connectivity index (χ0n) is 21.5. The lowest BCUT2D eigenvalue weighted by molar-refractivity contribution is -0.126. The minimum absolute atomic E-state index is 0.0430. The highest BCUT2D eigenvalue weighted by Crippen LogP contribution is 2.30. The van der Waals surface area contributed by atoms with Gasteiger partial charge < -0.3 is 10.6 Å². The molecule has 0 bridgehead atoms. The molecule has 2 aliphatic rings. The molecule has 0 unspecified atom stereocenters. The Balaban J connectivity index is 1.17. The van der Waals surface area contributed by atoms with Gasteiger partial charge in [0.05, 0.1) is 11.4 Å². The van der Waals surface area contributed by atoms with Crippen molar-refractivity contribution in [2.75, 3.05) is 10.6 Å². The third kappa shape index (κ3) is 8.09. The van der Waals surface area contributed by atoms with Gasteiger partial charge in [0.25, 0.3) is 0 Å².